The Morgan fingerprint density at radius 3 is 2.78 bits per heavy atom. The van der Waals surface area contributed by atoms with Crippen molar-refractivity contribution in [2.24, 2.45) is 0 Å². The van der Waals surface area contributed by atoms with E-state index in [9.17, 15) is 4.79 Å². The van der Waals surface area contributed by atoms with Crippen LogP contribution in [0.15, 0.2) is 23.1 Å². The Labute approximate surface area is 146 Å². The lowest BCUT2D eigenvalue weighted by molar-refractivity contribution is -0.112. The number of para-hydroxylation sites is 1. The highest BCUT2D eigenvalue weighted by Gasteiger charge is 2.21. The molecule has 1 N–H and O–H groups in total. The maximum atomic E-state index is 12.7. The summed E-state index contributed by atoms with van der Waals surface area (Å²) in [5, 5.41) is 3.13. The Bertz CT molecular complexity index is 802. The van der Waals surface area contributed by atoms with Crippen LogP contribution < -0.4 is 5.32 Å². The molecule has 1 aliphatic heterocycles. The van der Waals surface area contributed by atoms with Crippen LogP contribution in [-0.4, -0.2) is 5.91 Å². The third-order valence-corrected chi connectivity index (χ3v) is 6.62. The van der Waals surface area contributed by atoms with Crippen molar-refractivity contribution in [3.63, 3.8) is 0 Å². The summed E-state index contributed by atoms with van der Waals surface area (Å²) in [5.74, 6) is 0.896. The minimum Gasteiger partial charge on any atom is -0.321 e. The van der Waals surface area contributed by atoms with Gasteiger partial charge in [-0.25, -0.2) is 0 Å². The van der Waals surface area contributed by atoms with Crippen molar-refractivity contribution in [1.82, 2.24) is 0 Å². The predicted molar refractivity (Wildman–Crippen MR) is 102 cm³/mol. The van der Waals surface area contributed by atoms with Crippen LogP contribution in [0.1, 0.15) is 38.9 Å². The normalized spacial score (nSPS) is 13.5. The zero-order valence-electron chi connectivity index (χ0n) is 13.9. The van der Waals surface area contributed by atoms with E-state index in [2.05, 4.69) is 32.2 Å². The fourth-order valence-corrected chi connectivity index (χ4v) is 5.17. The summed E-state index contributed by atoms with van der Waals surface area (Å²) in [6.07, 6.45) is 2.96. The van der Waals surface area contributed by atoms with Crippen molar-refractivity contribution < 1.29 is 4.79 Å². The first kappa shape index (κ1) is 16.3. The van der Waals surface area contributed by atoms with E-state index in [4.69, 9.17) is 0 Å². The number of carbonyl (C=O) groups excluding carboxylic acids is 1. The maximum Gasteiger partial charge on any atom is 0.262 e. The van der Waals surface area contributed by atoms with Crippen LogP contribution in [0.2, 0.25) is 0 Å². The standard InChI is InChI=1S/C19H21NOS2/c1-5-14-8-6-7-11(2)18(14)20-19(21)17-9-16-15(10-22-17)12(3)13(4)23-16/h6-9H,5,10H2,1-4H3,(H,20,21). The molecule has 0 bridgehead atoms. The fourth-order valence-electron chi connectivity index (χ4n) is 2.82. The average Bonchev–Trinajstić information content (AvgIpc) is 2.83. The third kappa shape index (κ3) is 3.10. The second-order valence-corrected chi connectivity index (χ2v) is 8.11. The van der Waals surface area contributed by atoms with E-state index in [-0.39, 0.29) is 5.91 Å². The Kier molecular flexibility index (Phi) is 4.64. The number of hydrogen-bond donors (Lipinski definition) is 1. The molecule has 1 aromatic heterocycles. The smallest absolute Gasteiger partial charge is 0.262 e. The molecule has 1 aromatic carbocycles. The molecule has 0 aliphatic carbocycles. The summed E-state index contributed by atoms with van der Waals surface area (Å²) in [4.78, 5) is 16.1. The van der Waals surface area contributed by atoms with E-state index < -0.39 is 0 Å². The van der Waals surface area contributed by atoms with Crippen molar-refractivity contribution in [1.29, 1.82) is 0 Å². The van der Waals surface area contributed by atoms with Crippen molar-refractivity contribution in [2.75, 3.05) is 5.32 Å². The number of anilines is 1. The van der Waals surface area contributed by atoms with E-state index in [0.717, 1.165) is 28.3 Å². The highest BCUT2D eigenvalue weighted by atomic mass is 32.2. The number of carbonyl (C=O) groups is 1. The molecule has 0 fully saturated rings. The summed E-state index contributed by atoms with van der Waals surface area (Å²) in [6.45, 7) is 8.48. The summed E-state index contributed by atoms with van der Waals surface area (Å²) >= 11 is 3.42. The summed E-state index contributed by atoms with van der Waals surface area (Å²) in [6, 6.07) is 6.16. The molecule has 0 atom stereocenters. The highest BCUT2D eigenvalue weighted by Crippen LogP contribution is 2.39. The van der Waals surface area contributed by atoms with Crippen LogP contribution in [0.4, 0.5) is 5.69 Å². The first-order valence-electron chi connectivity index (χ1n) is 7.84. The van der Waals surface area contributed by atoms with Gasteiger partial charge in [0.15, 0.2) is 0 Å². The molecule has 0 radical (unpaired) electrons. The van der Waals surface area contributed by atoms with E-state index >= 15 is 0 Å². The molecule has 4 heteroatoms. The zero-order valence-corrected chi connectivity index (χ0v) is 15.6. The molecule has 0 saturated carbocycles. The SMILES string of the molecule is CCc1cccc(C)c1NC(=O)C1=Cc2sc(C)c(C)c2CS1. The zero-order chi connectivity index (χ0) is 16.6. The first-order valence-corrected chi connectivity index (χ1v) is 9.64. The van der Waals surface area contributed by atoms with Gasteiger partial charge in [-0.3, -0.25) is 4.79 Å². The predicted octanol–water partition coefficient (Wildman–Crippen LogP) is 5.46. The van der Waals surface area contributed by atoms with Crippen LogP contribution in [0, 0.1) is 20.8 Å². The third-order valence-electron chi connectivity index (χ3n) is 4.38. The van der Waals surface area contributed by atoms with Crippen LogP contribution in [0.5, 0.6) is 0 Å². The molecule has 2 aromatic rings. The molecule has 1 amide bonds. The van der Waals surface area contributed by atoms with E-state index in [1.165, 1.54) is 26.4 Å². The van der Waals surface area contributed by atoms with Gasteiger partial charge in [-0.15, -0.1) is 23.1 Å². The minimum absolute atomic E-state index is 0.00774. The minimum atomic E-state index is 0.00774. The Hall–Kier alpha value is -1.52. The molecule has 120 valence electrons. The van der Waals surface area contributed by atoms with Gasteiger partial charge in [0.2, 0.25) is 0 Å². The van der Waals surface area contributed by atoms with Gasteiger partial charge in [0.1, 0.15) is 0 Å². The van der Waals surface area contributed by atoms with Crippen molar-refractivity contribution >= 4 is 40.8 Å². The molecule has 2 heterocycles. The number of benzene rings is 1. The van der Waals surface area contributed by atoms with Gasteiger partial charge in [-0.1, -0.05) is 25.1 Å². The van der Waals surface area contributed by atoms with Gasteiger partial charge < -0.3 is 5.32 Å². The van der Waals surface area contributed by atoms with Crippen LogP contribution in [-0.2, 0) is 17.0 Å². The molecule has 0 saturated heterocycles. The summed E-state index contributed by atoms with van der Waals surface area (Å²) in [5.41, 5.74) is 6.02. The van der Waals surface area contributed by atoms with Crippen molar-refractivity contribution in [2.45, 2.75) is 39.9 Å². The molecular formula is C19H21NOS2. The molecule has 2 nitrogen and oxygen atoms in total. The summed E-state index contributed by atoms with van der Waals surface area (Å²) < 4.78 is 0. The number of aryl methyl sites for hydroxylation is 3. The van der Waals surface area contributed by atoms with E-state index in [0.29, 0.717) is 0 Å². The van der Waals surface area contributed by atoms with Gasteiger partial charge in [0, 0.05) is 21.2 Å². The Balaban J connectivity index is 1.88. The van der Waals surface area contributed by atoms with Gasteiger partial charge in [0.05, 0.1) is 4.91 Å². The van der Waals surface area contributed by atoms with Crippen LogP contribution >= 0.6 is 23.1 Å². The largest absolute Gasteiger partial charge is 0.321 e. The number of amides is 1. The van der Waals surface area contributed by atoms with Crippen molar-refractivity contribution in [3.05, 3.63) is 55.1 Å². The number of thiophene rings is 1. The second-order valence-electron chi connectivity index (χ2n) is 5.84. The molecule has 3 rings (SSSR count). The topological polar surface area (TPSA) is 29.1 Å². The monoisotopic (exact) mass is 343 g/mol. The maximum absolute atomic E-state index is 12.7. The Morgan fingerprint density at radius 1 is 1.26 bits per heavy atom. The highest BCUT2D eigenvalue weighted by molar-refractivity contribution is 8.03. The number of hydrogen-bond acceptors (Lipinski definition) is 3. The van der Waals surface area contributed by atoms with Gasteiger partial charge in [-0.05, 0) is 55.5 Å². The number of nitrogens with one attached hydrogen (secondary N) is 1. The first-order chi connectivity index (χ1) is 11.0. The van der Waals surface area contributed by atoms with Gasteiger partial charge >= 0.3 is 0 Å². The van der Waals surface area contributed by atoms with Gasteiger partial charge in [-0.2, -0.15) is 0 Å². The lowest BCUT2D eigenvalue weighted by Gasteiger charge is -2.16. The number of fused-ring (bicyclic) bond motifs is 1. The second kappa shape index (κ2) is 6.54. The van der Waals surface area contributed by atoms with Crippen molar-refractivity contribution in [3.8, 4) is 0 Å². The molecule has 0 unspecified atom stereocenters. The molecule has 23 heavy (non-hydrogen) atoms. The molecule has 1 aliphatic rings. The fraction of sp³-hybridized carbons (Fsp3) is 0.316. The van der Waals surface area contributed by atoms with E-state index in [1.807, 2.05) is 25.1 Å². The molecular weight excluding hydrogens is 322 g/mol. The Morgan fingerprint density at radius 2 is 2.04 bits per heavy atom. The number of thioether (sulfide) groups is 1. The number of rotatable bonds is 3. The quantitative estimate of drug-likeness (QED) is 0.801. The summed E-state index contributed by atoms with van der Waals surface area (Å²) in [7, 11) is 0. The lowest BCUT2D eigenvalue weighted by atomic mass is 10.1. The molecule has 0 spiro atoms. The van der Waals surface area contributed by atoms with Crippen LogP contribution in [0.25, 0.3) is 6.08 Å². The average molecular weight is 344 g/mol. The van der Waals surface area contributed by atoms with Gasteiger partial charge in [0.25, 0.3) is 5.91 Å². The lowest BCUT2D eigenvalue weighted by Crippen LogP contribution is -2.16. The van der Waals surface area contributed by atoms with Crippen LogP contribution in [0.3, 0.4) is 0 Å². The van der Waals surface area contributed by atoms with E-state index in [1.54, 1.807) is 23.1 Å².